The summed E-state index contributed by atoms with van der Waals surface area (Å²) in [4.78, 5) is 26.5. The zero-order chi connectivity index (χ0) is 14.7. The Balaban J connectivity index is 1.61. The van der Waals surface area contributed by atoms with E-state index in [-0.39, 0.29) is 11.7 Å². The van der Waals surface area contributed by atoms with Crippen LogP contribution in [-0.4, -0.2) is 24.8 Å². The Morgan fingerprint density at radius 3 is 2.90 bits per heavy atom. The van der Waals surface area contributed by atoms with Gasteiger partial charge in [-0.3, -0.25) is 9.59 Å². The second-order valence-electron chi connectivity index (χ2n) is 4.99. The lowest BCUT2D eigenvalue weighted by molar-refractivity contribution is -0.115. The van der Waals surface area contributed by atoms with Gasteiger partial charge in [-0.2, -0.15) is 0 Å². The average Bonchev–Trinajstić information content (AvgIpc) is 3.01. The van der Waals surface area contributed by atoms with Crippen LogP contribution >= 0.6 is 11.3 Å². The molecule has 3 rings (SSSR count). The predicted octanol–water partition coefficient (Wildman–Crippen LogP) is 3.17. The standard InChI is InChI=1S/C16H16N2O2S/c19-14(15-8-4-10-21-15)7-3-9-18-11-16(20)17-12-5-1-2-6-13(12)18/h1-2,4-6,8,10H,3,7,9,11H2,(H,17,20). The van der Waals surface area contributed by atoms with Gasteiger partial charge in [-0.15, -0.1) is 11.3 Å². The quantitative estimate of drug-likeness (QED) is 0.863. The molecule has 0 radical (unpaired) electrons. The molecule has 1 aromatic carbocycles. The molecule has 1 aromatic heterocycles. The van der Waals surface area contributed by atoms with Gasteiger partial charge < -0.3 is 10.2 Å². The SMILES string of the molecule is O=C1CN(CCCC(=O)c2cccs2)c2ccccc2N1. The molecule has 4 nitrogen and oxygen atoms in total. The van der Waals surface area contributed by atoms with Crippen LogP contribution in [-0.2, 0) is 4.79 Å². The summed E-state index contributed by atoms with van der Waals surface area (Å²) < 4.78 is 0. The third-order valence-electron chi connectivity index (χ3n) is 3.48. The molecule has 0 aliphatic carbocycles. The van der Waals surface area contributed by atoms with Gasteiger partial charge in [-0.05, 0) is 30.0 Å². The Kier molecular flexibility index (Phi) is 4.01. The van der Waals surface area contributed by atoms with E-state index in [4.69, 9.17) is 0 Å². The largest absolute Gasteiger partial charge is 0.361 e. The smallest absolute Gasteiger partial charge is 0.243 e. The molecule has 0 bridgehead atoms. The summed E-state index contributed by atoms with van der Waals surface area (Å²) >= 11 is 1.48. The number of para-hydroxylation sites is 2. The third-order valence-corrected chi connectivity index (χ3v) is 4.39. The monoisotopic (exact) mass is 300 g/mol. The molecule has 0 spiro atoms. The van der Waals surface area contributed by atoms with E-state index < -0.39 is 0 Å². The van der Waals surface area contributed by atoms with Crippen molar-refractivity contribution in [3.05, 3.63) is 46.7 Å². The lowest BCUT2D eigenvalue weighted by Gasteiger charge is -2.30. The molecule has 0 unspecified atom stereocenters. The van der Waals surface area contributed by atoms with E-state index in [0.717, 1.165) is 22.7 Å². The van der Waals surface area contributed by atoms with E-state index in [1.807, 2.05) is 46.7 Å². The summed E-state index contributed by atoms with van der Waals surface area (Å²) in [5.41, 5.74) is 1.87. The molecule has 21 heavy (non-hydrogen) atoms. The van der Waals surface area contributed by atoms with Gasteiger partial charge in [0.1, 0.15) is 0 Å². The van der Waals surface area contributed by atoms with Crippen LogP contribution < -0.4 is 10.2 Å². The fraction of sp³-hybridized carbons (Fsp3) is 0.250. The Bertz CT molecular complexity index is 652. The molecule has 5 heteroatoms. The summed E-state index contributed by atoms with van der Waals surface area (Å²) in [5, 5.41) is 4.78. The zero-order valence-electron chi connectivity index (χ0n) is 11.5. The van der Waals surface area contributed by atoms with Crippen molar-refractivity contribution in [3.63, 3.8) is 0 Å². The van der Waals surface area contributed by atoms with Crippen molar-refractivity contribution in [2.75, 3.05) is 23.3 Å². The number of Topliss-reactive ketones (excluding diaryl/α,β-unsaturated/α-hetero) is 1. The van der Waals surface area contributed by atoms with Crippen molar-refractivity contribution >= 4 is 34.4 Å². The number of fused-ring (bicyclic) bond motifs is 1. The lowest BCUT2D eigenvalue weighted by atomic mass is 10.1. The van der Waals surface area contributed by atoms with E-state index in [2.05, 4.69) is 5.32 Å². The summed E-state index contributed by atoms with van der Waals surface area (Å²) in [6.45, 7) is 1.06. The van der Waals surface area contributed by atoms with Crippen LogP contribution in [0.2, 0.25) is 0 Å². The van der Waals surface area contributed by atoms with Gasteiger partial charge in [0.25, 0.3) is 0 Å². The van der Waals surface area contributed by atoms with Crippen molar-refractivity contribution in [1.82, 2.24) is 0 Å². The van der Waals surface area contributed by atoms with Crippen LogP contribution in [0, 0.1) is 0 Å². The molecule has 0 atom stereocenters. The maximum atomic E-state index is 12.0. The number of nitrogens with zero attached hydrogens (tertiary/aromatic N) is 1. The molecule has 0 saturated heterocycles. The first kappa shape index (κ1) is 13.8. The van der Waals surface area contributed by atoms with Gasteiger partial charge in [0.2, 0.25) is 5.91 Å². The average molecular weight is 300 g/mol. The number of ketones is 1. The van der Waals surface area contributed by atoms with Crippen molar-refractivity contribution < 1.29 is 9.59 Å². The van der Waals surface area contributed by atoms with Gasteiger partial charge in [0.05, 0.1) is 22.8 Å². The molecule has 0 saturated carbocycles. The van der Waals surface area contributed by atoms with Crippen LogP contribution in [0.5, 0.6) is 0 Å². The van der Waals surface area contributed by atoms with Crippen LogP contribution in [0.4, 0.5) is 11.4 Å². The number of anilines is 2. The molecular weight excluding hydrogens is 284 g/mol. The minimum Gasteiger partial charge on any atom is -0.361 e. The van der Waals surface area contributed by atoms with Crippen molar-refractivity contribution in [2.45, 2.75) is 12.8 Å². The van der Waals surface area contributed by atoms with E-state index in [1.165, 1.54) is 11.3 Å². The molecule has 1 aliphatic rings. The normalized spacial score (nSPS) is 13.7. The van der Waals surface area contributed by atoms with Crippen LogP contribution in [0.15, 0.2) is 41.8 Å². The van der Waals surface area contributed by atoms with E-state index >= 15 is 0 Å². The van der Waals surface area contributed by atoms with E-state index in [9.17, 15) is 9.59 Å². The topological polar surface area (TPSA) is 49.4 Å². The van der Waals surface area contributed by atoms with E-state index in [1.54, 1.807) is 0 Å². The Labute approximate surface area is 127 Å². The first-order chi connectivity index (χ1) is 10.2. The number of amides is 1. The number of carbonyl (C=O) groups is 2. The maximum absolute atomic E-state index is 12.0. The highest BCUT2D eigenvalue weighted by atomic mass is 32.1. The summed E-state index contributed by atoms with van der Waals surface area (Å²) in [6, 6.07) is 11.5. The highest BCUT2D eigenvalue weighted by molar-refractivity contribution is 7.12. The first-order valence-electron chi connectivity index (χ1n) is 6.94. The number of hydrogen-bond donors (Lipinski definition) is 1. The molecular formula is C16H16N2O2S. The fourth-order valence-corrected chi connectivity index (χ4v) is 3.19. The van der Waals surface area contributed by atoms with Gasteiger partial charge in [0.15, 0.2) is 5.78 Å². The van der Waals surface area contributed by atoms with Crippen LogP contribution in [0.25, 0.3) is 0 Å². The summed E-state index contributed by atoms with van der Waals surface area (Å²) in [6.07, 6.45) is 1.26. The number of carbonyl (C=O) groups excluding carboxylic acids is 2. The van der Waals surface area contributed by atoms with Gasteiger partial charge in [0, 0.05) is 13.0 Å². The number of rotatable bonds is 5. The molecule has 2 heterocycles. The highest BCUT2D eigenvalue weighted by Crippen LogP contribution is 2.29. The minimum atomic E-state index is -0.00159. The maximum Gasteiger partial charge on any atom is 0.243 e. The number of benzene rings is 1. The molecule has 2 aromatic rings. The summed E-state index contributed by atoms with van der Waals surface area (Å²) in [7, 11) is 0. The van der Waals surface area contributed by atoms with Gasteiger partial charge >= 0.3 is 0 Å². The second-order valence-corrected chi connectivity index (χ2v) is 5.94. The molecule has 1 amide bonds. The van der Waals surface area contributed by atoms with Crippen molar-refractivity contribution in [3.8, 4) is 0 Å². The van der Waals surface area contributed by atoms with E-state index in [0.29, 0.717) is 19.5 Å². The van der Waals surface area contributed by atoms with Gasteiger partial charge in [-0.1, -0.05) is 18.2 Å². The van der Waals surface area contributed by atoms with Crippen LogP contribution in [0.3, 0.4) is 0 Å². The predicted molar refractivity (Wildman–Crippen MR) is 85.2 cm³/mol. The number of thiophene rings is 1. The lowest BCUT2D eigenvalue weighted by Crippen LogP contribution is -2.38. The number of nitrogens with one attached hydrogen (secondary N) is 1. The van der Waals surface area contributed by atoms with Crippen molar-refractivity contribution in [2.24, 2.45) is 0 Å². The Hall–Kier alpha value is -2.14. The zero-order valence-corrected chi connectivity index (χ0v) is 12.4. The second kappa shape index (κ2) is 6.10. The molecule has 1 aliphatic heterocycles. The third kappa shape index (κ3) is 3.13. The Morgan fingerprint density at radius 2 is 2.10 bits per heavy atom. The first-order valence-corrected chi connectivity index (χ1v) is 7.82. The number of hydrogen-bond acceptors (Lipinski definition) is 4. The van der Waals surface area contributed by atoms with Gasteiger partial charge in [-0.25, -0.2) is 0 Å². The highest BCUT2D eigenvalue weighted by Gasteiger charge is 2.21. The van der Waals surface area contributed by atoms with Crippen LogP contribution in [0.1, 0.15) is 22.5 Å². The van der Waals surface area contributed by atoms with Crippen molar-refractivity contribution in [1.29, 1.82) is 0 Å². The molecule has 108 valence electrons. The summed E-state index contributed by atoms with van der Waals surface area (Å²) in [5.74, 6) is 0.179. The molecule has 0 fully saturated rings. The molecule has 1 N–H and O–H groups in total. The Morgan fingerprint density at radius 1 is 1.24 bits per heavy atom. The minimum absolute atomic E-state index is 0.00159. The fourth-order valence-electron chi connectivity index (χ4n) is 2.49.